The number of likely N-dealkylation sites (tertiary alicyclic amines) is 1. The predicted octanol–water partition coefficient (Wildman–Crippen LogP) is 6.04. The molecule has 3 saturated heterocycles. The smallest absolute Gasteiger partial charge is 0.242 e. The van der Waals surface area contributed by atoms with Gasteiger partial charge in [-0.05, 0) is 95.4 Å². The molecule has 2 bridgehead atoms. The van der Waals surface area contributed by atoms with Gasteiger partial charge in [-0.15, -0.1) is 24.8 Å². The summed E-state index contributed by atoms with van der Waals surface area (Å²) in [6.45, 7) is 8.52. The molecule has 3 fully saturated rings. The lowest BCUT2D eigenvalue weighted by Crippen LogP contribution is -2.55. The molecule has 0 aliphatic carbocycles. The van der Waals surface area contributed by atoms with E-state index in [1.54, 1.807) is 0 Å². The highest BCUT2D eigenvalue weighted by Gasteiger charge is 2.44. The van der Waals surface area contributed by atoms with Gasteiger partial charge in [0.25, 0.3) is 0 Å². The number of halogens is 2. The van der Waals surface area contributed by atoms with Crippen LogP contribution in [0, 0.1) is 6.92 Å². The quantitative estimate of drug-likeness (QED) is 0.382. The van der Waals surface area contributed by atoms with E-state index in [1.807, 2.05) is 18.7 Å². The van der Waals surface area contributed by atoms with E-state index in [-0.39, 0.29) is 36.1 Å². The zero-order valence-corrected chi connectivity index (χ0v) is 25.7. The number of piperidine rings is 2. The molecule has 3 aromatic rings. The fourth-order valence-corrected chi connectivity index (χ4v) is 7.81. The zero-order valence-electron chi connectivity index (χ0n) is 24.1. The van der Waals surface area contributed by atoms with Crippen LogP contribution in [0.1, 0.15) is 76.2 Å². The second-order valence-corrected chi connectivity index (χ2v) is 12.7. The molecular formula is C32H45Cl2N5O. The zero-order chi connectivity index (χ0) is 26.5. The van der Waals surface area contributed by atoms with Gasteiger partial charge in [-0.2, -0.15) is 0 Å². The number of aromatic nitrogens is 2. The van der Waals surface area contributed by atoms with Gasteiger partial charge in [-0.1, -0.05) is 42.5 Å². The van der Waals surface area contributed by atoms with Gasteiger partial charge < -0.3 is 15.2 Å². The van der Waals surface area contributed by atoms with Crippen LogP contribution < -0.4 is 5.73 Å². The lowest BCUT2D eigenvalue weighted by Gasteiger charge is -2.46. The van der Waals surface area contributed by atoms with E-state index in [1.165, 1.54) is 36.8 Å². The topological polar surface area (TPSA) is 67.4 Å². The normalized spacial score (nSPS) is 24.4. The Balaban J connectivity index is 0.00000185. The molecule has 218 valence electrons. The molecule has 2 N–H and O–H groups in total. The summed E-state index contributed by atoms with van der Waals surface area (Å²) in [6.07, 6.45) is 8.19. The van der Waals surface area contributed by atoms with Gasteiger partial charge >= 0.3 is 0 Å². The maximum atomic E-state index is 12.9. The molecule has 8 heteroatoms. The van der Waals surface area contributed by atoms with Crippen molar-refractivity contribution in [1.82, 2.24) is 19.4 Å². The number of hydrogen-bond donors (Lipinski definition) is 1. The first-order valence-corrected chi connectivity index (χ1v) is 14.6. The third-order valence-electron chi connectivity index (χ3n) is 9.79. The molecule has 6 rings (SSSR count). The van der Waals surface area contributed by atoms with Crippen molar-refractivity contribution in [3.8, 4) is 0 Å². The summed E-state index contributed by atoms with van der Waals surface area (Å²) in [7, 11) is 0. The first-order chi connectivity index (χ1) is 18.2. The number of nitrogens with zero attached hydrogens (tertiary/aromatic N) is 4. The lowest BCUT2D eigenvalue weighted by molar-refractivity contribution is -0.137. The number of fused-ring (bicyclic) bond motifs is 3. The van der Waals surface area contributed by atoms with Gasteiger partial charge in [-0.25, -0.2) is 4.98 Å². The average Bonchev–Trinajstić information content (AvgIpc) is 3.38. The third kappa shape index (κ3) is 5.65. The standard InChI is InChI=1S/C32H43N5O.2ClH/c1-23-34-28-11-7-8-12-29(28)37(23)27-21-25-13-14-26(22-27)36(25)20-17-32(24-9-5-4-6-10-24)15-18-35(19-16-32)30(38)31(2,3)33;;/h4-12,25-27H,13-22,33H2,1-3H3;2*1H/t25-,26+,27?;;. The Labute approximate surface area is 251 Å². The summed E-state index contributed by atoms with van der Waals surface area (Å²) in [5.74, 6) is 1.22. The Kier molecular flexibility index (Phi) is 9.26. The minimum Gasteiger partial charge on any atom is -0.341 e. The average molecular weight is 587 g/mol. The van der Waals surface area contributed by atoms with E-state index in [0.29, 0.717) is 18.1 Å². The van der Waals surface area contributed by atoms with Crippen LogP contribution in [0.2, 0.25) is 0 Å². The Bertz CT molecular complexity index is 1280. The summed E-state index contributed by atoms with van der Waals surface area (Å²) in [5, 5.41) is 0. The van der Waals surface area contributed by atoms with Crippen LogP contribution in [0.4, 0.5) is 0 Å². The van der Waals surface area contributed by atoms with Crippen LogP contribution in [0.25, 0.3) is 11.0 Å². The second kappa shape index (κ2) is 12.0. The predicted molar refractivity (Wildman–Crippen MR) is 168 cm³/mol. The van der Waals surface area contributed by atoms with Gasteiger partial charge in [0.1, 0.15) is 5.82 Å². The molecule has 0 radical (unpaired) electrons. The molecule has 1 aromatic heterocycles. The Morgan fingerprint density at radius 2 is 1.55 bits per heavy atom. The Morgan fingerprint density at radius 1 is 0.950 bits per heavy atom. The molecule has 1 amide bonds. The molecule has 1 unspecified atom stereocenters. The summed E-state index contributed by atoms with van der Waals surface area (Å²) in [5.41, 5.74) is 9.31. The number of rotatable bonds is 6. The van der Waals surface area contributed by atoms with Crippen molar-refractivity contribution in [3.63, 3.8) is 0 Å². The maximum absolute atomic E-state index is 12.9. The van der Waals surface area contributed by atoms with E-state index < -0.39 is 5.54 Å². The van der Waals surface area contributed by atoms with Gasteiger partial charge in [-0.3, -0.25) is 9.69 Å². The first-order valence-electron chi connectivity index (χ1n) is 14.6. The molecule has 0 spiro atoms. The molecule has 0 saturated carbocycles. The number of imidazole rings is 1. The van der Waals surface area contributed by atoms with Crippen molar-refractivity contribution in [2.45, 2.75) is 94.8 Å². The van der Waals surface area contributed by atoms with Crippen LogP contribution in [0.3, 0.4) is 0 Å². The SMILES string of the molecule is Cc1nc2ccccc2n1C1C[C@H]2CC[C@@H](C1)N2CCC1(c2ccccc2)CCN(C(=O)C(C)(C)N)CC1.Cl.Cl. The molecule has 3 aliphatic heterocycles. The summed E-state index contributed by atoms with van der Waals surface area (Å²) in [6, 6.07) is 21.5. The number of hydrogen-bond acceptors (Lipinski definition) is 4. The summed E-state index contributed by atoms with van der Waals surface area (Å²) >= 11 is 0. The number of amides is 1. The van der Waals surface area contributed by atoms with Crippen LogP contribution in [0.5, 0.6) is 0 Å². The van der Waals surface area contributed by atoms with Crippen molar-refractivity contribution >= 4 is 41.8 Å². The van der Waals surface area contributed by atoms with Crippen molar-refractivity contribution in [1.29, 1.82) is 0 Å². The van der Waals surface area contributed by atoms with Gasteiger partial charge in [0, 0.05) is 31.2 Å². The fourth-order valence-electron chi connectivity index (χ4n) is 7.81. The number of carbonyl (C=O) groups excluding carboxylic acids is 1. The van der Waals surface area contributed by atoms with Crippen LogP contribution in [0.15, 0.2) is 54.6 Å². The second-order valence-electron chi connectivity index (χ2n) is 12.7. The summed E-state index contributed by atoms with van der Waals surface area (Å²) < 4.78 is 2.52. The molecule has 3 atom stereocenters. The number of nitrogens with two attached hydrogens (primary N) is 1. The molecule has 2 aromatic carbocycles. The van der Waals surface area contributed by atoms with Crippen LogP contribution >= 0.6 is 24.8 Å². The van der Waals surface area contributed by atoms with Crippen molar-refractivity contribution in [2.24, 2.45) is 5.73 Å². The monoisotopic (exact) mass is 585 g/mol. The highest BCUT2D eigenvalue weighted by molar-refractivity contribution is 5.86. The highest BCUT2D eigenvalue weighted by Crippen LogP contribution is 2.45. The molecule has 6 nitrogen and oxygen atoms in total. The van der Waals surface area contributed by atoms with Gasteiger partial charge in [0.2, 0.25) is 5.91 Å². The minimum absolute atomic E-state index is 0. The van der Waals surface area contributed by atoms with E-state index in [0.717, 1.165) is 50.2 Å². The molecule has 4 heterocycles. The van der Waals surface area contributed by atoms with Crippen molar-refractivity contribution in [2.75, 3.05) is 19.6 Å². The van der Waals surface area contributed by atoms with Crippen LogP contribution in [-0.4, -0.2) is 62.5 Å². The number of benzene rings is 2. The number of aryl methyl sites for hydroxylation is 1. The minimum atomic E-state index is -0.810. The van der Waals surface area contributed by atoms with Gasteiger partial charge in [0.05, 0.1) is 16.6 Å². The Morgan fingerprint density at radius 3 is 2.17 bits per heavy atom. The van der Waals surface area contributed by atoms with E-state index in [2.05, 4.69) is 71.0 Å². The van der Waals surface area contributed by atoms with Gasteiger partial charge in [0.15, 0.2) is 0 Å². The van der Waals surface area contributed by atoms with E-state index in [4.69, 9.17) is 10.7 Å². The molecular weight excluding hydrogens is 541 g/mol. The first kappa shape index (κ1) is 30.8. The van der Waals surface area contributed by atoms with Crippen LogP contribution in [-0.2, 0) is 10.2 Å². The number of carbonyl (C=O) groups is 1. The number of para-hydroxylation sites is 2. The van der Waals surface area contributed by atoms with E-state index >= 15 is 0 Å². The molecule has 40 heavy (non-hydrogen) atoms. The largest absolute Gasteiger partial charge is 0.341 e. The summed E-state index contributed by atoms with van der Waals surface area (Å²) in [4.78, 5) is 22.6. The maximum Gasteiger partial charge on any atom is 0.242 e. The third-order valence-corrected chi connectivity index (χ3v) is 9.79. The molecule has 3 aliphatic rings. The Hall–Kier alpha value is -2.12. The van der Waals surface area contributed by atoms with Crippen molar-refractivity contribution < 1.29 is 4.79 Å². The fraction of sp³-hybridized carbons (Fsp3) is 0.562. The lowest BCUT2D eigenvalue weighted by atomic mass is 9.70. The van der Waals surface area contributed by atoms with Crippen molar-refractivity contribution in [3.05, 3.63) is 66.0 Å². The van der Waals surface area contributed by atoms with E-state index in [9.17, 15) is 4.79 Å². The highest BCUT2D eigenvalue weighted by atomic mass is 35.5.